The van der Waals surface area contributed by atoms with Crippen LogP contribution in [0.3, 0.4) is 0 Å². The summed E-state index contributed by atoms with van der Waals surface area (Å²) in [5.41, 5.74) is -0.108. The van der Waals surface area contributed by atoms with E-state index in [1.807, 2.05) is 19.9 Å². The average molecular weight is 339 g/mol. The van der Waals surface area contributed by atoms with Crippen LogP contribution in [0.4, 0.5) is 5.82 Å². The summed E-state index contributed by atoms with van der Waals surface area (Å²) in [7, 11) is 0. The first-order valence-corrected chi connectivity index (χ1v) is 7.29. The quantitative estimate of drug-likeness (QED) is 0.856. The minimum atomic E-state index is -0.108. The van der Waals surface area contributed by atoms with Crippen molar-refractivity contribution in [1.29, 1.82) is 0 Å². The molecule has 2 heterocycles. The number of oxazole rings is 1. The molecule has 2 rings (SSSR count). The van der Waals surface area contributed by atoms with Crippen molar-refractivity contribution in [2.24, 2.45) is 0 Å². The normalized spacial score (nSPS) is 13.3. The molecule has 0 amide bonds. The number of halogens is 1. The summed E-state index contributed by atoms with van der Waals surface area (Å²) in [6.45, 7) is 10.1. The molecule has 2 aromatic rings. The summed E-state index contributed by atoms with van der Waals surface area (Å²) in [5, 5.41) is 3.29. The lowest BCUT2D eigenvalue weighted by Crippen LogP contribution is -2.18. The van der Waals surface area contributed by atoms with Gasteiger partial charge in [0.15, 0.2) is 0 Å². The third-order valence-electron chi connectivity index (χ3n) is 2.74. The SMILES string of the molecule is Cc1cnc(C(C)Nc2cc(Br)nc(C(C)(C)C)n2)o1. The van der Waals surface area contributed by atoms with Crippen molar-refractivity contribution in [3.63, 3.8) is 0 Å². The van der Waals surface area contributed by atoms with Crippen molar-refractivity contribution in [3.05, 3.63) is 34.3 Å². The van der Waals surface area contributed by atoms with Gasteiger partial charge in [-0.25, -0.2) is 15.0 Å². The van der Waals surface area contributed by atoms with Gasteiger partial charge >= 0.3 is 0 Å². The van der Waals surface area contributed by atoms with Gasteiger partial charge in [0.2, 0.25) is 5.89 Å². The molecule has 0 aliphatic rings. The highest BCUT2D eigenvalue weighted by molar-refractivity contribution is 9.10. The summed E-state index contributed by atoms with van der Waals surface area (Å²) in [4.78, 5) is 13.2. The number of nitrogens with zero attached hydrogens (tertiary/aromatic N) is 3. The van der Waals surface area contributed by atoms with Gasteiger partial charge in [-0.05, 0) is 29.8 Å². The van der Waals surface area contributed by atoms with E-state index in [2.05, 4.69) is 57.0 Å². The van der Waals surface area contributed by atoms with E-state index < -0.39 is 0 Å². The van der Waals surface area contributed by atoms with E-state index in [0.717, 1.165) is 22.0 Å². The molecule has 0 saturated heterocycles. The molecule has 0 saturated carbocycles. The minimum absolute atomic E-state index is 0.0571. The van der Waals surface area contributed by atoms with E-state index in [0.29, 0.717) is 5.89 Å². The zero-order chi connectivity index (χ0) is 14.9. The van der Waals surface area contributed by atoms with Gasteiger partial charge in [-0.15, -0.1) is 0 Å². The van der Waals surface area contributed by atoms with E-state index in [1.165, 1.54) is 0 Å². The zero-order valence-electron chi connectivity index (χ0n) is 12.4. The van der Waals surface area contributed by atoms with Gasteiger partial charge in [-0.2, -0.15) is 0 Å². The topological polar surface area (TPSA) is 63.8 Å². The smallest absolute Gasteiger partial charge is 0.216 e. The Balaban J connectivity index is 2.23. The van der Waals surface area contributed by atoms with Crippen LogP contribution in [0.5, 0.6) is 0 Å². The van der Waals surface area contributed by atoms with Crippen LogP contribution in [0.15, 0.2) is 21.3 Å². The summed E-state index contributed by atoms with van der Waals surface area (Å²) in [6.07, 6.45) is 1.71. The Labute approximate surface area is 127 Å². The second-order valence-corrected chi connectivity index (χ2v) is 6.64. The number of rotatable bonds is 3. The van der Waals surface area contributed by atoms with E-state index in [4.69, 9.17) is 4.42 Å². The molecule has 108 valence electrons. The molecule has 1 unspecified atom stereocenters. The van der Waals surface area contributed by atoms with Crippen molar-refractivity contribution in [2.75, 3.05) is 5.32 Å². The molecule has 0 bridgehead atoms. The number of aryl methyl sites for hydroxylation is 1. The van der Waals surface area contributed by atoms with Gasteiger partial charge in [-0.1, -0.05) is 20.8 Å². The molecule has 2 aromatic heterocycles. The largest absolute Gasteiger partial charge is 0.444 e. The Bertz CT molecular complexity index is 603. The fourth-order valence-corrected chi connectivity index (χ4v) is 2.07. The third kappa shape index (κ3) is 3.56. The standard InChI is InChI=1S/C14H19BrN4O/c1-8-7-16-12(20-8)9(2)17-11-6-10(15)18-13(19-11)14(3,4)5/h6-7,9H,1-5H3,(H,17,18,19). The molecule has 20 heavy (non-hydrogen) atoms. The van der Waals surface area contributed by atoms with E-state index in [9.17, 15) is 0 Å². The zero-order valence-corrected chi connectivity index (χ0v) is 13.9. The predicted octanol–water partition coefficient (Wildman–Crippen LogP) is 4.01. The number of hydrogen-bond donors (Lipinski definition) is 1. The molecular formula is C14H19BrN4O. The van der Waals surface area contributed by atoms with Crippen molar-refractivity contribution >= 4 is 21.7 Å². The third-order valence-corrected chi connectivity index (χ3v) is 3.15. The fraction of sp³-hybridized carbons (Fsp3) is 0.500. The first-order valence-electron chi connectivity index (χ1n) is 6.49. The van der Waals surface area contributed by atoms with Crippen molar-refractivity contribution in [1.82, 2.24) is 15.0 Å². The lowest BCUT2D eigenvalue weighted by molar-refractivity contribution is 0.453. The Hall–Kier alpha value is -1.43. The maximum absolute atomic E-state index is 5.52. The highest BCUT2D eigenvalue weighted by Crippen LogP contribution is 2.24. The van der Waals surface area contributed by atoms with E-state index >= 15 is 0 Å². The first kappa shape index (κ1) is 15.0. The van der Waals surface area contributed by atoms with Crippen LogP contribution < -0.4 is 5.32 Å². The van der Waals surface area contributed by atoms with Gasteiger partial charge in [0.25, 0.3) is 0 Å². The van der Waals surface area contributed by atoms with Crippen LogP contribution in [0.1, 0.15) is 51.2 Å². The van der Waals surface area contributed by atoms with Crippen molar-refractivity contribution in [3.8, 4) is 0 Å². The molecule has 5 nitrogen and oxygen atoms in total. The molecular weight excluding hydrogens is 320 g/mol. The van der Waals surface area contributed by atoms with Crippen LogP contribution in [0.2, 0.25) is 0 Å². The Morgan fingerprint density at radius 3 is 2.55 bits per heavy atom. The summed E-state index contributed by atoms with van der Waals surface area (Å²) in [5.74, 6) is 2.98. The number of aromatic nitrogens is 3. The van der Waals surface area contributed by atoms with Crippen molar-refractivity contribution in [2.45, 2.75) is 46.1 Å². The van der Waals surface area contributed by atoms with Crippen molar-refractivity contribution < 1.29 is 4.42 Å². The average Bonchev–Trinajstić information content (AvgIpc) is 2.74. The number of nitrogens with one attached hydrogen (secondary N) is 1. The van der Waals surface area contributed by atoms with E-state index in [-0.39, 0.29) is 11.5 Å². The Morgan fingerprint density at radius 1 is 1.30 bits per heavy atom. The molecule has 0 radical (unpaired) electrons. The molecule has 0 aliphatic heterocycles. The maximum atomic E-state index is 5.52. The Morgan fingerprint density at radius 2 is 2.00 bits per heavy atom. The minimum Gasteiger partial charge on any atom is -0.444 e. The van der Waals surface area contributed by atoms with Gasteiger partial charge in [0.05, 0.1) is 6.20 Å². The van der Waals surface area contributed by atoms with Gasteiger partial charge < -0.3 is 9.73 Å². The van der Waals surface area contributed by atoms with Crippen LogP contribution in [0, 0.1) is 6.92 Å². The molecule has 1 atom stereocenters. The lowest BCUT2D eigenvalue weighted by atomic mass is 9.96. The molecule has 6 heteroatoms. The maximum Gasteiger partial charge on any atom is 0.216 e. The highest BCUT2D eigenvalue weighted by atomic mass is 79.9. The summed E-state index contributed by atoms with van der Waals surface area (Å²) >= 11 is 3.43. The van der Waals surface area contributed by atoms with Crippen LogP contribution in [-0.4, -0.2) is 15.0 Å². The molecule has 0 spiro atoms. The highest BCUT2D eigenvalue weighted by Gasteiger charge is 2.20. The fourth-order valence-electron chi connectivity index (χ4n) is 1.68. The second-order valence-electron chi connectivity index (χ2n) is 5.82. The monoisotopic (exact) mass is 338 g/mol. The van der Waals surface area contributed by atoms with Crippen LogP contribution in [-0.2, 0) is 5.41 Å². The molecule has 0 aliphatic carbocycles. The lowest BCUT2D eigenvalue weighted by Gasteiger charge is -2.19. The number of hydrogen-bond acceptors (Lipinski definition) is 5. The first-order chi connectivity index (χ1) is 9.25. The van der Waals surface area contributed by atoms with Gasteiger partial charge in [-0.3, -0.25) is 0 Å². The van der Waals surface area contributed by atoms with Gasteiger partial charge in [0.1, 0.15) is 28.0 Å². The number of anilines is 1. The van der Waals surface area contributed by atoms with Crippen LogP contribution in [0.25, 0.3) is 0 Å². The summed E-state index contributed by atoms with van der Waals surface area (Å²) < 4.78 is 6.28. The predicted molar refractivity (Wildman–Crippen MR) is 81.7 cm³/mol. The van der Waals surface area contributed by atoms with Gasteiger partial charge in [0, 0.05) is 11.5 Å². The molecule has 0 fully saturated rings. The molecule has 1 N–H and O–H groups in total. The second kappa shape index (κ2) is 5.52. The van der Waals surface area contributed by atoms with Crippen LogP contribution >= 0.6 is 15.9 Å². The van der Waals surface area contributed by atoms with E-state index in [1.54, 1.807) is 6.20 Å². The summed E-state index contributed by atoms with van der Waals surface area (Å²) in [6, 6.07) is 1.79. The molecule has 0 aromatic carbocycles. The Kier molecular flexibility index (Phi) is 4.13.